The summed E-state index contributed by atoms with van der Waals surface area (Å²) in [6.45, 7) is 0. The van der Waals surface area contributed by atoms with Crippen molar-refractivity contribution in [1.29, 1.82) is 0 Å². The summed E-state index contributed by atoms with van der Waals surface area (Å²) in [5, 5.41) is 2.99. The van der Waals surface area contributed by atoms with Gasteiger partial charge < -0.3 is 18.9 Å². The summed E-state index contributed by atoms with van der Waals surface area (Å²) in [6.07, 6.45) is -2.36. The molecule has 8 nitrogen and oxygen atoms in total. The molecule has 0 spiro atoms. The molecule has 0 N–H and O–H groups in total. The Morgan fingerprint density at radius 1 is 0.409 bits per heavy atom. The lowest BCUT2D eigenvalue weighted by Gasteiger charge is -2.21. The fourth-order valence-electron chi connectivity index (χ4n) is 5.28. The molecule has 0 atom stereocenters. The Morgan fingerprint density at radius 2 is 0.886 bits per heavy atom. The first-order chi connectivity index (χ1) is 21.5. The van der Waals surface area contributed by atoms with Crippen molar-refractivity contribution < 1.29 is 38.1 Å². The average molecular weight is 581 g/mol. The molecular weight excluding hydrogens is 560 g/mol. The average Bonchev–Trinajstić information content (AvgIpc) is 3.04. The van der Waals surface area contributed by atoms with Crippen LogP contribution in [0.3, 0.4) is 0 Å². The zero-order valence-electron chi connectivity index (χ0n) is 22.8. The van der Waals surface area contributed by atoms with Crippen molar-refractivity contribution in [3.05, 3.63) is 144 Å². The summed E-state index contributed by atoms with van der Waals surface area (Å²) in [5.41, 5.74) is 0.0709. The van der Waals surface area contributed by atoms with Crippen molar-refractivity contribution >= 4 is 45.4 Å². The van der Waals surface area contributed by atoms with E-state index in [4.69, 9.17) is 18.9 Å². The van der Waals surface area contributed by atoms with Crippen LogP contribution in [0.1, 0.15) is 31.8 Å². The molecule has 7 rings (SSSR count). The zero-order valence-corrected chi connectivity index (χ0v) is 22.8. The van der Waals surface area contributed by atoms with Crippen LogP contribution in [0.5, 0.6) is 23.0 Å². The van der Waals surface area contributed by atoms with Gasteiger partial charge in [-0.3, -0.25) is 9.59 Å². The number of hydrogen-bond donors (Lipinski definition) is 0. The van der Waals surface area contributed by atoms with E-state index in [2.05, 4.69) is 0 Å². The predicted molar refractivity (Wildman–Crippen MR) is 161 cm³/mol. The second-order valence-electron chi connectivity index (χ2n) is 9.88. The van der Waals surface area contributed by atoms with Crippen molar-refractivity contribution in [3.8, 4) is 23.0 Å². The maximum absolute atomic E-state index is 13.7. The minimum atomic E-state index is -1.21. The first-order valence-electron chi connectivity index (χ1n) is 13.6. The summed E-state index contributed by atoms with van der Waals surface area (Å²) in [4.78, 5) is 53.3. The van der Waals surface area contributed by atoms with Gasteiger partial charge in [-0.1, -0.05) is 97.1 Å². The Labute approximate surface area is 250 Å². The highest BCUT2D eigenvalue weighted by molar-refractivity contribution is 6.29. The van der Waals surface area contributed by atoms with Gasteiger partial charge in [0.05, 0.1) is 5.56 Å². The predicted octanol–water partition coefficient (Wildman–Crippen LogP) is 7.92. The van der Waals surface area contributed by atoms with Gasteiger partial charge in [0.1, 0.15) is 11.5 Å². The first-order valence-corrected chi connectivity index (χ1v) is 13.6. The Bertz CT molecular complexity index is 2150. The third-order valence-corrected chi connectivity index (χ3v) is 7.27. The van der Waals surface area contributed by atoms with Crippen molar-refractivity contribution in [2.75, 3.05) is 0 Å². The van der Waals surface area contributed by atoms with Gasteiger partial charge in [-0.05, 0) is 35.0 Å². The van der Waals surface area contributed by atoms with Gasteiger partial charge in [0, 0.05) is 27.5 Å². The lowest BCUT2D eigenvalue weighted by molar-refractivity contribution is 0.0973. The van der Waals surface area contributed by atoms with E-state index in [1.165, 1.54) is 18.2 Å². The molecule has 1 aliphatic carbocycles. The number of ether oxygens (including phenoxy) is 4. The van der Waals surface area contributed by atoms with Crippen LogP contribution in [0.15, 0.2) is 121 Å². The maximum atomic E-state index is 13.7. The smallest absolute Gasteiger partial charge is 0.394 e. The molecule has 8 heteroatoms. The van der Waals surface area contributed by atoms with Crippen molar-refractivity contribution in [2.24, 2.45) is 0 Å². The molecule has 0 aliphatic heterocycles. The van der Waals surface area contributed by atoms with Gasteiger partial charge in [0.2, 0.25) is 0 Å². The minimum absolute atomic E-state index is 0.0172. The Balaban J connectivity index is 1.26. The molecule has 0 saturated heterocycles. The summed E-state index contributed by atoms with van der Waals surface area (Å²) in [5.74, 6) is -1.35. The van der Waals surface area contributed by atoms with Gasteiger partial charge in [0.25, 0.3) is 0 Å². The second kappa shape index (κ2) is 10.8. The maximum Gasteiger partial charge on any atom is 0.519 e. The summed E-state index contributed by atoms with van der Waals surface area (Å²) in [7, 11) is 0. The van der Waals surface area contributed by atoms with Crippen LogP contribution in [-0.4, -0.2) is 23.9 Å². The van der Waals surface area contributed by atoms with E-state index in [-0.39, 0.29) is 39.5 Å². The SMILES string of the molecule is O=C(Oc1ccc2c(c1OC(=O)Oc1cccc3ccccc13)C(=O)c1ccccc1C2=O)Oc1cccc2ccccc12. The lowest BCUT2D eigenvalue weighted by atomic mass is 9.83. The highest BCUT2D eigenvalue weighted by atomic mass is 16.7. The summed E-state index contributed by atoms with van der Waals surface area (Å²) in [6, 6.07) is 33.9. The molecule has 212 valence electrons. The van der Waals surface area contributed by atoms with E-state index < -0.39 is 29.6 Å². The highest BCUT2D eigenvalue weighted by Crippen LogP contribution is 2.40. The van der Waals surface area contributed by atoms with E-state index in [1.807, 2.05) is 36.4 Å². The molecular formula is C36H20O8. The molecule has 6 aromatic carbocycles. The van der Waals surface area contributed by atoms with Crippen LogP contribution in [-0.2, 0) is 0 Å². The van der Waals surface area contributed by atoms with Gasteiger partial charge in [0.15, 0.2) is 23.1 Å². The third kappa shape index (κ3) is 4.70. The molecule has 0 aromatic heterocycles. The quantitative estimate of drug-likeness (QED) is 0.153. The van der Waals surface area contributed by atoms with E-state index in [9.17, 15) is 19.2 Å². The van der Waals surface area contributed by atoms with E-state index in [0.29, 0.717) is 10.8 Å². The fourth-order valence-corrected chi connectivity index (χ4v) is 5.28. The summed E-state index contributed by atoms with van der Waals surface area (Å²) >= 11 is 0. The standard InChI is InChI=1S/C36H20O8/c37-32-25-15-5-6-16-26(25)33(38)31-27(32)19-20-30(43-35(39)41-28-17-7-11-21-9-1-3-13-23(21)28)34(31)44-36(40)42-29-18-8-12-22-10-2-4-14-24(22)29/h1-20H. The van der Waals surface area contributed by atoms with Crippen LogP contribution >= 0.6 is 0 Å². The number of carbonyl (C=O) groups excluding carboxylic acids is 4. The Morgan fingerprint density at radius 3 is 1.50 bits per heavy atom. The largest absolute Gasteiger partial charge is 0.519 e. The topological polar surface area (TPSA) is 105 Å². The molecule has 0 bridgehead atoms. The number of ketones is 2. The number of carbonyl (C=O) groups is 4. The zero-order chi connectivity index (χ0) is 30.2. The van der Waals surface area contributed by atoms with Crippen LogP contribution in [0.2, 0.25) is 0 Å². The van der Waals surface area contributed by atoms with Crippen molar-refractivity contribution in [1.82, 2.24) is 0 Å². The lowest BCUT2D eigenvalue weighted by Crippen LogP contribution is -2.25. The van der Waals surface area contributed by atoms with Crippen LogP contribution in [0.25, 0.3) is 21.5 Å². The number of benzene rings is 6. The molecule has 1 aliphatic rings. The van der Waals surface area contributed by atoms with Crippen LogP contribution in [0, 0.1) is 0 Å². The molecule has 0 fully saturated rings. The fraction of sp³-hybridized carbons (Fsp3) is 0. The first kappa shape index (κ1) is 26.6. The van der Waals surface area contributed by atoms with E-state index in [1.54, 1.807) is 66.7 Å². The van der Waals surface area contributed by atoms with Crippen LogP contribution in [0.4, 0.5) is 9.59 Å². The molecule has 0 heterocycles. The van der Waals surface area contributed by atoms with Crippen molar-refractivity contribution in [3.63, 3.8) is 0 Å². The van der Waals surface area contributed by atoms with Gasteiger partial charge in [-0.15, -0.1) is 0 Å². The highest BCUT2D eigenvalue weighted by Gasteiger charge is 2.35. The molecule has 6 aromatic rings. The third-order valence-electron chi connectivity index (χ3n) is 7.27. The molecule has 0 radical (unpaired) electrons. The monoisotopic (exact) mass is 580 g/mol. The number of fused-ring (bicyclic) bond motifs is 4. The van der Waals surface area contributed by atoms with E-state index in [0.717, 1.165) is 10.8 Å². The Hall–Kier alpha value is -6.28. The second-order valence-corrected chi connectivity index (χ2v) is 9.88. The van der Waals surface area contributed by atoms with Crippen molar-refractivity contribution in [2.45, 2.75) is 0 Å². The molecule has 0 unspecified atom stereocenters. The number of rotatable bonds is 4. The van der Waals surface area contributed by atoms with Gasteiger partial charge in [-0.25, -0.2) is 9.59 Å². The van der Waals surface area contributed by atoms with Crippen LogP contribution < -0.4 is 18.9 Å². The minimum Gasteiger partial charge on any atom is -0.394 e. The molecule has 44 heavy (non-hydrogen) atoms. The molecule has 0 saturated carbocycles. The van der Waals surface area contributed by atoms with Gasteiger partial charge in [-0.2, -0.15) is 0 Å². The van der Waals surface area contributed by atoms with Gasteiger partial charge >= 0.3 is 12.3 Å². The Kier molecular flexibility index (Phi) is 6.56. The number of hydrogen-bond acceptors (Lipinski definition) is 8. The molecule has 0 amide bonds. The normalized spacial score (nSPS) is 11.9. The van der Waals surface area contributed by atoms with E-state index >= 15 is 0 Å². The summed E-state index contributed by atoms with van der Waals surface area (Å²) < 4.78 is 22.1.